The van der Waals surface area contributed by atoms with Crippen LogP contribution in [0.25, 0.3) is 0 Å². The van der Waals surface area contributed by atoms with E-state index in [1.807, 2.05) is 23.1 Å². The first-order valence-corrected chi connectivity index (χ1v) is 19.2. The van der Waals surface area contributed by atoms with Crippen molar-refractivity contribution in [2.24, 2.45) is 11.7 Å². The number of aromatic nitrogens is 3. The molecule has 5 aliphatic rings. The molecule has 0 bridgehead atoms. The van der Waals surface area contributed by atoms with E-state index >= 15 is 0 Å². The Bertz CT molecular complexity index is 2030. The molecule has 0 spiro atoms. The Morgan fingerprint density at radius 1 is 0.764 bits per heavy atom. The zero-order valence-electron chi connectivity index (χ0n) is 30.5. The number of likely N-dealkylation sites (tertiary alicyclic amines) is 1. The van der Waals surface area contributed by atoms with E-state index in [9.17, 15) is 28.8 Å². The van der Waals surface area contributed by atoms with E-state index in [4.69, 9.17) is 5.73 Å². The predicted octanol–water partition coefficient (Wildman–Crippen LogP) is 2.73. The van der Waals surface area contributed by atoms with Gasteiger partial charge in [0.25, 0.3) is 17.7 Å². The number of nitrogens with one attached hydrogen (secondary N) is 2. The maximum Gasteiger partial charge on any atom is 0.273 e. The lowest BCUT2D eigenvalue weighted by Crippen LogP contribution is -2.54. The third-order valence-corrected chi connectivity index (χ3v) is 11.6. The average Bonchev–Trinajstić information content (AvgIpc) is 3.46. The van der Waals surface area contributed by atoms with Crippen molar-refractivity contribution in [2.75, 3.05) is 54.4 Å². The highest BCUT2D eigenvalue weighted by atomic mass is 16.2. The fourth-order valence-electron chi connectivity index (χ4n) is 8.51. The lowest BCUT2D eigenvalue weighted by Gasteiger charge is -2.38. The second kappa shape index (κ2) is 15.1. The fraction of sp³-hybridized carbons (Fsp3) is 0.462. The molecule has 286 valence electrons. The van der Waals surface area contributed by atoms with Gasteiger partial charge in [-0.05, 0) is 93.2 Å². The summed E-state index contributed by atoms with van der Waals surface area (Å²) in [4.78, 5) is 87.9. The Labute approximate surface area is 317 Å². The molecule has 1 unspecified atom stereocenters. The molecule has 16 nitrogen and oxygen atoms in total. The van der Waals surface area contributed by atoms with Crippen LogP contribution in [0.15, 0.2) is 42.5 Å². The van der Waals surface area contributed by atoms with E-state index < -0.39 is 35.6 Å². The lowest BCUT2D eigenvalue weighted by atomic mass is 9.88. The summed E-state index contributed by atoms with van der Waals surface area (Å²) in [6.45, 7) is 4.33. The van der Waals surface area contributed by atoms with Gasteiger partial charge in [-0.3, -0.25) is 39.0 Å². The number of primary amides is 1. The Hall–Kier alpha value is -5.93. The van der Waals surface area contributed by atoms with Crippen molar-refractivity contribution in [1.29, 1.82) is 0 Å². The van der Waals surface area contributed by atoms with Crippen LogP contribution in [0.3, 0.4) is 0 Å². The van der Waals surface area contributed by atoms with Gasteiger partial charge in [0.2, 0.25) is 23.7 Å². The summed E-state index contributed by atoms with van der Waals surface area (Å²) in [5.74, 6) is -1.63. The Kier molecular flexibility index (Phi) is 9.88. The smallest absolute Gasteiger partial charge is 0.273 e. The average molecular weight is 749 g/mol. The van der Waals surface area contributed by atoms with Crippen LogP contribution in [-0.2, 0) is 14.4 Å². The van der Waals surface area contributed by atoms with Gasteiger partial charge in [0, 0.05) is 63.0 Å². The summed E-state index contributed by atoms with van der Waals surface area (Å²) < 4.78 is 0. The number of anilines is 4. The van der Waals surface area contributed by atoms with Crippen molar-refractivity contribution in [3.8, 4) is 0 Å². The van der Waals surface area contributed by atoms with Crippen molar-refractivity contribution in [1.82, 2.24) is 30.3 Å². The largest absolute Gasteiger partial charge is 0.371 e. The number of hydrogen-bond acceptors (Lipinski definition) is 12. The maximum absolute atomic E-state index is 13.6. The molecule has 8 rings (SSSR count). The molecule has 4 saturated heterocycles. The molecule has 16 heteroatoms. The Morgan fingerprint density at radius 2 is 1.47 bits per heavy atom. The first-order valence-electron chi connectivity index (χ1n) is 19.2. The highest BCUT2D eigenvalue weighted by molar-refractivity contribution is 6.23. The normalized spacial score (nSPS) is 21.1. The van der Waals surface area contributed by atoms with E-state index in [1.165, 1.54) is 12.0 Å². The summed E-state index contributed by atoms with van der Waals surface area (Å²) in [5.41, 5.74) is 8.81. The molecule has 3 aromatic rings. The second-order valence-corrected chi connectivity index (χ2v) is 15.0. The number of benzene rings is 2. The molecule has 0 saturated carbocycles. The van der Waals surface area contributed by atoms with Crippen LogP contribution in [0.1, 0.15) is 100 Å². The predicted molar refractivity (Wildman–Crippen MR) is 201 cm³/mol. The van der Waals surface area contributed by atoms with Gasteiger partial charge in [-0.1, -0.05) is 12.1 Å². The lowest BCUT2D eigenvalue weighted by molar-refractivity contribution is -0.137. The zero-order valence-corrected chi connectivity index (χ0v) is 30.5. The number of rotatable bonds is 8. The minimum atomic E-state index is -1.01. The molecule has 55 heavy (non-hydrogen) atoms. The number of hydrogen-bond donors (Lipinski definition) is 3. The van der Waals surface area contributed by atoms with E-state index in [-0.39, 0.29) is 47.3 Å². The molecular weight excluding hydrogens is 704 g/mol. The molecule has 4 fully saturated rings. The van der Waals surface area contributed by atoms with Crippen LogP contribution in [-0.4, -0.2) is 106 Å². The van der Waals surface area contributed by atoms with Gasteiger partial charge >= 0.3 is 0 Å². The van der Waals surface area contributed by atoms with Crippen LogP contribution in [0.4, 0.5) is 23.1 Å². The first-order chi connectivity index (χ1) is 26.6. The molecule has 6 amide bonds. The summed E-state index contributed by atoms with van der Waals surface area (Å²) in [6, 6.07) is 12.2. The van der Waals surface area contributed by atoms with Crippen molar-refractivity contribution >= 4 is 58.6 Å². The summed E-state index contributed by atoms with van der Waals surface area (Å²) in [7, 11) is 0. The molecule has 0 aliphatic carbocycles. The first kappa shape index (κ1) is 36.1. The number of carbonyl (C=O) groups is 6. The third-order valence-electron chi connectivity index (χ3n) is 11.6. The van der Waals surface area contributed by atoms with Crippen LogP contribution in [0.2, 0.25) is 0 Å². The van der Waals surface area contributed by atoms with Crippen LogP contribution >= 0.6 is 0 Å². The number of piperidine rings is 4. The van der Waals surface area contributed by atoms with Crippen molar-refractivity contribution in [3.63, 3.8) is 0 Å². The summed E-state index contributed by atoms with van der Waals surface area (Å²) >= 11 is 0. The van der Waals surface area contributed by atoms with Crippen molar-refractivity contribution in [3.05, 3.63) is 64.8 Å². The van der Waals surface area contributed by atoms with Gasteiger partial charge < -0.3 is 25.8 Å². The Morgan fingerprint density at radius 3 is 2.16 bits per heavy atom. The summed E-state index contributed by atoms with van der Waals surface area (Å²) in [5, 5.41) is 13.7. The van der Waals surface area contributed by atoms with Gasteiger partial charge in [0.05, 0.1) is 11.1 Å². The minimum Gasteiger partial charge on any atom is -0.371 e. The monoisotopic (exact) mass is 748 g/mol. The van der Waals surface area contributed by atoms with Crippen molar-refractivity contribution in [2.45, 2.75) is 69.7 Å². The van der Waals surface area contributed by atoms with Crippen LogP contribution in [0, 0.1) is 5.92 Å². The molecule has 6 heterocycles. The number of carbonyl (C=O) groups excluding carboxylic acids is 6. The fourth-order valence-corrected chi connectivity index (χ4v) is 8.51. The standard InChI is InChI=1S/C39H44N10O6/c40-33(51)32-34(43-39(45-44-32)48-16-2-1-3-17-48)41-26-6-4-23(5-7-26)24-12-20-47(21-13-24)36(53)25-14-18-46(19-15-25)27-8-9-28-29(22-27)38(55)49(37(28)54)30-10-11-31(50)42-35(30)52/h4-9,22,24-25,30H,1-3,10-21H2,(H2,40,51)(H,41,43,45)(H,42,50,52). The highest BCUT2D eigenvalue weighted by Gasteiger charge is 2.45. The van der Waals surface area contributed by atoms with E-state index in [2.05, 4.69) is 47.7 Å². The molecule has 4 N–H and O–H groups in total. The summed E-state index contributed by atoms with van der Waals surface area (Å²) in [6.07, 6.45) is 6.54. The molecule has 5 aliphatic heterocycles. The van der Waals surface area contributed by atoms with Crippen LogP contribution < -0.4 is 26.2 Å². The van der Waals surface area contributed by atoms with Gasteiger partial charge in [0.15, 0.2) is 11.5 Å². The molecule has 2 aromatic carbocycles. The third kappa shape index (κ3) is 7.20. The number of nitrogens with two attached hydrogens (primary N) is 1. The van der Waals surface area contributed by atoms with E-state index in [0.717, 1.165) is 55.0 Å². The Balaban J connectivity index is 0.832. The van der Waals surface area contributed by atoms with E-state index in [0.29, 0.717) is 50.9 Å². The number of imide groups is 2. The molecular formula is C39H44N10O6. The van der Waals surface area contributed by atoms with Gasteiger partial charge in [-0.15, -0.1) is 10.2 Å². The quantitative estimate of drug-likeness (QED) is 0.285. The number of fused-ring (bicyclic) bond motifs is 1. The number of nitrogens with zero attached hydrogens (tertiary/aromatic N) is 7. The zero-order chi connectivity index (χ0) is 38.2. The SMILES string of the molecule is NC(=O)c1nnc(N2CCCCC2)nc1Nc1ccc(C2CCN(C(=O)C3CCN(c4ccc5c(c4)C(=O)N(C4CCC(=O)NC4=O)C5=O)CC3)CC2)cc1. The highest BCUT2D eigenvalue weighted by Crippen LogP contribution is 2.34. The molecule has 1 aromatic heterocycles. The molecule has 0 radical (unpaired) electrons. The van der Waals surface area contributed by atoms with Crippen LogP contribution in [0.5, 0.6) is 0 Å². The van der Waals surface area contributed by atoms with Gasteiger partial charge in [-0.25, -0.2) is 0 Å². The van der Waals surface area contributed by atoms with Crippen molar-refractivity contribution < 1.29 is 28.8 Å². The van der Waals surface area contributed by atoms with Gasteiger partial charge in [0.1, 0.15) is 6.04 Å². The second-order valence-electron chi connectivity index (χ2n) is 15.0. The maximum atomic E-state index is 13.6. The number of amides is 6. The van der Waals surface area contributed by atoms with Gasteiger partial charge in [-0.2, -0.15) is 4.98 Å². The minimum absolute atomic E-state index is 0.00922. The molecule has 1 atom stereocenters. The van der Waals surface area contributed by atoms with E-state index in [1.54, 1.807) is 12.1 Å². The topological polar surface area (TPSA) is 204 Å².